The summed E-state index contributed by atoms with van der Waals surface area (Å²) in [5, 5.41) is 3.61. The van der Waals surface area contributed by atoms with E-state index in [0.29, 0.717) is 11.3 Å². The maximum atomic E-state index is 12.4. The number of anilines is 1. The summed E-state index contributed by atoms with van der Waals surface area (Å²) >= 11 is 0. The summed E-state index contributed by atoms with van der Waals surface area (Å²) in [6.07, 6.45) is 0. The molecule has 0 atom stereocenters. The lowest BCUT2D eigenvalue weighted by molar-refractivity contribution is 0.400. The Hall–Kier alpha value is -2.30. The normalized spacial score (nSPS) is 10.8. The van der Waals surface area contributed by atoms with E-state index in [-0.39, 0.29) is 17.3 Å². The van der Waals surface area contributed by atoms with Crippen LogP contribution in [0.1, 0.15) is 16.9 Å². The van der Waals surface area contributed by atoms with Crippen LogP contribution in [0.4, 0.5) is 5.82 Å². The second-order valence-corrected chi connectivity index (χ2v) is 6.08. The zero-order chi connectivity index (χ0) is 15.5. The summed E-state index contributed by atoms with van der Waals surface area (Å²) in [7, 11) is -3.79. The van der Waals surface area contributed by atoms with Crippen molar-refractivity contribution in [2.24, 2.45) is 5.73 Å². The van der Waals surface area contributed by atoms with Crippen molar-refractivity contribution in [3.63, 3.8) is 0 Å². The van der Waals surface area contributed by atoms with Gasteiger partial charge in [-0.25, -0.2) is 8.42 Å². The molecule has 0 spiro atoms. The molecule has 0 bridgehead atoms. The van der Waals surface area contributed by atoms with Crippen molar-refractivity contribution in [2.75, 3.05) is 11.3 Å². The first-order valence-electron chi connectivity index (χ1n) is 6.18. The molecule has 3 N–H and O–H groups in total. The van der Waals surface area contributed by atoms with Gasteiger partial charge in [-0.05, 0) is 31.5 Å². The predicted molar refractivity (Wildman–Crippen MR) is 79.2 cm³/mol. The van der Waals surface area contributed by atoms with Crippen LogP contribution in [0.25, 0.3) is 0 Å². The molecule has 21 heavy (non-hydrogen) atoms. The van der Waals surface area contributed by atoms with Gasteiger partial charge in [0.1, 0.15) is 10.7 Å². The number of sulfonamides is 1. The van der Waals surface area contributed by atoms with E-state index in [1.54, 1.807) is 19.1 Å². The number of benzene rings is 1. The average molecular weight is 305 g/mol. The number of rotatable bonds is 3. The number of aromatic nitrogens is 1. The molecule has 0 amide bonds. The summed E-state index contributed by atoms with van der Waals surface area (Å²) < 4.78 is 32.0. The second kappa shape index (κ2) is 5.99. The Labute approximate surface area is 123 Å². The van der Waals surface area contributed by atoms with Crippen LogP contribution in [0.15, 0.2) is 33.7 Å². The lowest BCUT2D eigenvalue weighted by Gasteiger charge is -2.08. The SMILES string of the molecule is Cc1ccc(S(=O)(=O)Nc2cc(C)on2)c(C#CCN)c1. The van der Waals surface area contributed by atoms with Crippen LogP contribution in [0.5, 0.6) is 0 Å². The Kier molecular flexibility index (Phi) is 4.31. The highest BCUT2D eigenvalue weighted by molar-refractivity contribution is 7.92. The van der Waals surface area contributed by atoms with Crippen LogP contribution in [0.3, 0.4) is 0 Å². The summed E-state index contributed by atoms with van der Waals surface area (Å²) in [6.45, 7) is 3.69. The predicted octanol–water partition coefficient (Wildman–Crippen LogP) is 1.40. The minimum absolute atomic E-state index is 0.0784. The van der Waals surface area contributed by atoms with Gasteiger partial charge in [0.25, 0.3) is 10.0 Å². The van der Waals surface area contributed by atoms with E-state index >= 15 is 0 Å². The van der Waals surface area contributed by atoms with Gasteiger partial charge >= 0.3 is 0 Å². The second-order valence-electron chi connectivity index (χ2n) is 4.43. The van der Waals surface area contributed by atoms with E-state index in [1.165, 1.54) is 12.1 Å². The first-order valence-corrected chi connectivity index (χ1v) is 7.66. The molecule has 0 saturated heterocycles. The lowest BCUT2D eigenvalue weighted by atomic mass is 10.1. The highest BCUT2D eigenvalue weighted by Crippen LogP contribution is 2.20. The Balaban J connectivity index is 2.44. The van der Waals surface area contributed by atoms with Crippen molar-refractivity contribution >= 4 is 15.8 Å². The van der Waals surface area contributed by atoms with E-state index in [2.05, 4.69) is 21.7 Å². The van der Waals surface area contributed by atoms with Crippen LogP contribution in [-0.4, -0.2) is 20.1 Å². The van der Waals surface area contributed by atoms with Crippen LogP contribution in [0, 0.1) is 25.7 Å². The number of nitrogens with zero attached hydrogens (tertiary/aromatic N) is 1. The van der Waals surface area contributed by atoms with Gasteiger partial charge in [0.15, 0.2) is 5.82 Å². The first kappa shape index (κ1) is 15.1. The van der Waals surface area contributed by atoms with Crippen LogP contribution in [-0.2, 0) is 10.0 Å². The standard InChI is InChI=1S/C14H15N3O3S/c1-10-5-6-13(12(8-10)4-3-7-15)21(18,19)17-14-9-11(2)20-16-14/h5-6,8-9H,7,15H2,1-2H3,(H,16,17). The fourth-order valence-electron chi connectivity index (χ4n) is 1.73. The number of hydrogen-bond acceptors (Lipinski definition) is 5. The molecule has 2 rings (SSSR count). The van der Waals surface area contributed by atoms with Gasteiger partial charge in [-0.3, -0.25) is 4.72 Å². The molecule has 110 valence electrons. The molecule has 0 unspecified atom stereocenters. The molecule has 0 saturated carbocycles. The van der Waals surface area contributed by atoms with Gasteiger partial charge in [-0.15, -0.1) is 0 Å². The van der Waals surface area contributed by atoms with E-state index < -0.39 is 10.0 Å². The first-order chi connectivity index (χ1) is 9.92. The molecule has 2 aromatic rings. The van der Waals surface area contributed by atoms with Crippen molar-refractivity contribution in [3.05, 3.63) is 41.2 Å². The molecule has 7 heteroatoms. The van der Waals surface area contributed by atoms with Crippen molar-refractivity contribution in [2.45, 2.75) is 18.7 Å². The fraction of sp³-hybridized carbons (Fsp3) is 0.214. The van der Waals surface area contributed by atoms with Crippen molar-refractivity contribution in [1.82, 2.24) is 5.16 Å². The van der Waals surface area contributed by atoms with Gasteiger partial charge < -0.3 is 10.3 Å². The fourth-order valence-corrected chi connectivity index (χ4v) is 2.86. The summed E-state index contributed by atoms with van der Waals surface area (Å²) in [5.41, 5.74) is 6.65. The van der Waals surface area contributed by atoms with Gasteiger partial charge in [0.2, 0.25) is 0 Å². The van der Waals surface area contributed by atoms with Crippen LogP contribution >= 0.6 is 0 Å². The minimum atomic E-state index is -3.79. The molecule has 1 heterocycles. The maximum absolute atomic E-state index is 12.4. The maximum Gasteiger partial charge on any atom is 0.264 e. The molecule has 1 aromatic carbocycles. The Morgan fingerprint density at radius 1 is 1.33 bits per heavy atom. The van der Waals surface area contributed by atoms with Crippen molar-refractivity contribution < 1.29 is 12.9 Å². The highest BCUT2D eigenvalue weighted by atomic mass is 32.2. The quantitative estimate of drug-likeness (QED) is 0.835. The number of aryl methyl sites for hydroxylation is 2. The Bertz CT molecular complexity index is 813. The van der Waals surface area contributed by atoms with Gasteiger partial charge in [-0.1, -0.05) is 23.1 Å². The molecular weight excluding hydrogens is 290 g/mol. The largest absolute Gasteiger partial charge is 0.360 e. The lowest BCUT2D eigenvalue weighted by Crippen LogP contribution is -2.14. The zero-order valence-electron chi connectivity index (χ0n) is 11.7. The topological polar surface area (TPSA) is 98.2 Å². The summed E-state index contributed by atoms with van der Waals surface area (Å²) in [5.74, 6) is 6.08. The van der Waals surface area contributed by atoms with E-state index in [0.717, 1.165) is 5.56 Å². The molecular formula is C14H15N3O3S. The molecule has 1 aromatic heterocycles. The molecule has 0 aliphatic rings. The summed E-state index contributed by atoms with van der Waals surface area (Å²) in [4.78, 5) is 0.0784. The van der Waals surface area contributed by atoms with Crippen LogP contribution < -0.4 is 10.5 Å². The molecule has 6 nitrogen and oxygen atoms in total. The third-order valence-corrected chi connectivity index (χ3v) is 4.03. The average Bonchev–Trinajstić information content (AvgIpc) is 2.80. The summed E-state index contributed by atoms with van der Waals surface area (Å²) in [6, 6.07) is 6.41. The van der Waals surface area contributed by atoms with Gasteiger partial charge in [0, 0.05) is 11.6 Å². The van der Waals surface area contributed by atoms with E-state index in [1.807, 2.05) is 6.92 Å². The molecule has 0 fully saturated rings. The molecule has 0 radical (unpaired) electrons. The number of nitrogens with two attached hydrogens (primary N) is 1. The number of nitrogens with one attached hydrogen (secondary N) is 1. The highest BCUT2D eigenvalue weighted by Gasteiger charge is 2.19. The minimum Gasteiger partial charge on any atom is -0.360 e. The van der Waals surface area contributed by atoms with Gasteiger partial charge in [0.05, 0.1) is 6.54 Å². The van der Waals surface area contributed by atoms with E-state index in [9.17, 15) is 8.42 Å². The zero-order valence-corrected chi connectivity index (χ0v) is 12.5. The third-order valence-electron chi connectivity index (χ3n) is 2.62. The van der Waals surface area contributed by atoms with Gasteiger partial charge in [-0.2, -0.15) is 0 Å². The monoisotopic (exact) mass is 305 g/mol. The number of hydrogen-bond donors (Lipinski definition) is 2. The Morgan fingerprint density at radius 3 is 2.71 bits per heavy atom. The van der Waals surface area contributed by atoms with E-state index in [4.69, 9.17) is 10.3 Å². The molecule has 0 aliphatic heterocycles. The Morgan fingerprint density at radius 2 is 2.10 bits per heavy atom. The third kappa shape index (κ3) is 3.62. The van der Waals surface area contributed by atoms with Crippen molar-refractivity contribution in [1.29, 1.82) is 0 Å². The smallest absolute Gasteiger partial charge is 0.264 e. The van der Waals surface area contributed by atoms with Crippen molar-refractivity contribution in [3.8, 4) is 11.8 Å². The molecule has 0 aliphatic carbocycles. The van der Waals surface area contributed by atoms with Crippen LogP contribution in [0.2, 0.25) is 0 Å².